The molecule has 2 heterocycles. The maximum atomic E-state index is 12.2. The molecule has 1 amide bonds. The summed E-state index contributed by atoms with van der Waals surface area (Å²) in [7, 11) is 0. The molecule has 1 atom stereocenters. The van der Waals surface area contributed by atoms with Crippen molar-refractivity contribution in [2.75, 3.05) is 19.7 Å². The molecule has 1 aliphatic heterocycles. The van der Waals surface area contributed by atoms with Gasteiger partial charge in [-0.05, 0) is 24.1 Å². The number of rotatable bonds is 4. The van der Waals surface area contributed by atoms with E-state index in [1.807, 2.05) is 36.5 Å². The average Bonchev–Trinajstić information content (AvgIpc) is 3.09. The molecule has 1 aliphatic rings. The van der Waals surface area contributed by atoms with Gasteiger partial charge in [0.2, 0.25) is 5.91 Å². The third kappa shape index (κ3) is 3.76. The highest BCUT2D eigenvalue weighted by atomic mass is 16.5. The molecule has 0 bridgehead atoms. The van der Waals surface area contributed by atoms with E-state index >= 15 is 0 Å². The van der Waals surface area contributed by atoms with Gasteiger partial charge in [0.05, 0.1) is 31.1 Å². The van der Waals surface area contributed by atoms with Crippen LogP contribution in [0.15, 0.2) is 42.7 Å². The zero-order chi connectivity index (χ0) is 16.1. The lowest BCUT2D eigenvalue weighted by Gasteiger charge is -2.29. The maximum absolute atomic E-state index is 12.2. The Hall–Kier alpha value is -2.65. The van der Waals surface area contributed by atoms with E-state index in [9.17, 15) is 4.79 Å². The molecule has 1 aromatic heterocycles. The van der Waals surface area contributed by atoms with Crippen LogP contribution >= 0.6 is 0 Å². The first-order chi connectivity index (χ1) is 11.3. The number of nitriles is 1. The smallest absolute Gasteiger partial charge is 0.223 e. The lowest BCUT2D eigenvalue weighted by Crippen LogP contribution is -2.45. The molecule has 118 valence electrons. The SMILES string of the molecule is N#CC1CN(C(=O)CCc2cnn(-c3ccccc3)c2)CCO1. The summed E-state index contributed by atoms with van der Waals surface area (Å²) in [6.07, 6.45) is 4.28. The van der Waals surface area contributed by atoms with Gasteiger partial charge in [-0.25, -0.2) is 4.68 Å². The van der Waals surface area contributed by atoms with Crippen LogP contribution in [-0.4, -0.2) is 46.4 Å². The molecule has 0 saturated carbocycles. The van der Waals surface area contributed by atoms with Crippen LogP contribution in [0.3, 0.4) is 0 Å². The highest BCUT2D eigenvalue weighted by Crippen LogP contribution is 2.11. The van der Waals surface area contributed by atoms with Crippen LogP contribution in [0, 0.1) is 11.3 Å². The van der Waals surface area contributed by atoms with Gasteiger partial charge in [0.1, 0.15) is 0 Å². The van der Waals surface area contributed by atoms with Crippen molar-refractivity contribution in [3.63, 3.8) is 0 Å². The maximum Gasteiger partial charge on any atom is 0.223 e. The molecule has 0 aliphatic carbocycles. The average molecular weight is 310 g/mol. The molecule has 6 nitrogen and oxygen atoms in total. The third-order valence-electron chi connectivity index (χ3n) is 3.85. The van der Waals surface area contributed by atoms with Crippen molar-refractivity contribution in [1.82, 2.24) is 14.7 Å². The summed E-state index contributed by atoms with van der Waals surface area (Å²) >= 11 is 0. The number of ether oxygens (including phenoxy) is 1. The zero-order valence-electron chi connectivity index (χ0n) is 12.8. The predicted molar refractivity (Wildman–Crippen MR) is 83.8 cm³/mol. The summed E-state index contributed by atoms with van der Waals surface area (Å²) in [4.78, 5) is 14.0. The van der Waals surface area contributed by atoms with Gasteiger partial charge in [-0.1, -0.05) is 18.2 Å². The molecule has 23 heavy (non-hydrogen) atoms. The fraction of sp³-hybridized carbons (Fsp3) is 0.353. The van der Waals surface area contributed by atoms with Gasteiger partial charge < -0.3 is 9.64 Å². The monoisotopic (exact) mass is 310 g/mol. The second-order valence-corrected chi connectivity index (χ2v) is 5.46. The molecule has 1 unspecified atom stereocenters. The Morgan fingerprint density at radius 1 is 1.39 bits per heavy atom. The first kappa shape index (κ1) is 15.3. The number of amides is 1. The van der Waals surface area contributed by atoms with Gasteiger partial charge in [-0.15, -0.1) is 0 Å². The Kier molecular flexibility index (Phi) is 4.69. The summed E-state index contributed by atoms with van der Waals surface area (Å²) in [5.74, 6) is 0.0565. The second kappa shape index (κ2) is 7.07. The van der Waals surface area contributed by atoms with Gasteiger partial charge in [0.25, 0.3) is 0 Å². The van der Waals surface area contributed by atoms with E-state index in [-0.39, 0.29) is 5.91 Å². The van der Waals surface area contributed by atoms with E-state index in [1.165, 1.54) is 0 Å². The first-order valence-electron chi connectivity index (χ1n) is 7.64. The number of para-hydroxylation sites is 1. The largest absolute Gasteiger partial charge is 0.360 e. The zero-order valence-corrected chi connectivity index (χ0v) is 12.8. The molecular formula is C17H18N4O2. The summed E-state index contributed by atoms with van der Waals surface area (Å²) in [6.45, 7) is 1.34. The highest BCUT2D eigenvalue weighted by molar-refractivity contribution is 5.76. The molecule has 1 saturated heterocycles. The Morgan fingerprint density at radius 2 is 2.22 bits per heavy atom. The number of hydrogen-bond donors (Lipinski definition) is 0. The molecule has 0 radical (unpaired) electrons. The molecule has 6 heteroatoms. The minimum Gasteiger partial charge on any atom is -0.360 e. The Balaban J connectivity index is 1.55. The number of carbonyl (C=O) groups excluding carboxylic acids is 1. The Morgan fingerprint density at radius 3 is 3.00 bits per heavy atom. The van der Waals surface area contributed by atoms with E-state index in [2.05, 4.69) is 11.2 Å². The second-order valence-electron chi connectivity index (χ2n) is 5.46. The van der Waals surface area contributed by atoms with Gasteiger partial charge in [-0.2, -0.15) is 10.4 Å². The standard InChI is InChI=1S/C17H18N4O2/c18-10-16-13-20(8-9-23-16)17(22)7-6-14-11-19-21(12-14)15-4-2-1-3-5-15/h1-5,11-12,16H,6-9,13H2. The van der Waals surface area contributed by atoms with Crippen molar-refractivity contribution < 1.29 is 9.53 Å². The van der Waals surface area contributed by atoms with Crippen LogP contribution in [0.2, 0.25) is 0 Å². The van der Waals surface area contributed by atoms with Crippen molar-refractivity contribution in [2.24, 2.45) is 0 Å². The molecule has 1 fully saturated rings. The van der Waals surface area contributed by atoms with Crippen molar-refractivity contribution >= 4 is 5.91 Å². The number of benzene rings is 1. The van der Waals surface area contributed by atoms with Crippen molar-refractivity contribution in [3.8, 4) is 11.8 Å². The summed E-state index contributed by atoms with van der Waals surface area (Å²) in [5.41, 5.74) is 2.02. The summed E-state index contributed by atoms with van der Waals surface area (Å²) < 4.78 is 7.06. The van der Waals surface area contributed by atoms with Crippen molar-refractivity contribution in [2.45, 2.75) is 18.9 Å². The number of morpholine rings is 1. The molecular weight excluding hydrogens is 292 g/mol. The minimum absolute atomic E-state index is 0.0565. The molecule has 0 N–H and O–H groups in total. The molecule has 0 spiro atoms. The quantitative estimate of drug-likeness (QED) is 0.859. The van der Waals surface area contributed by atoms with Gasteiger partial charge in [-0.3, -0.25) is 4.79 Å². The Bertz CT molecular complexity index is 705. The van der Waals surface area contributed by atoms with E-state index in [0.29, 0.717) is 32.5 Å². The molecule has 1 aromatic carbocycles. The van der Waals surface area contributed by atoms with Crippen LogP contribution in [0.25, 0.3) is 5.69 Å². The Labute approximate surface area is 134 Å². The summed E-state index contributed by atoms with van der Waals surface area (Å²) in [6, 6.07) is 11.9. The number of aryl methyl sites for hydroxylation is 1. The number of nitrogens with zero attached hydrogens (tertiary/aromatic N) is 4. The number of hydrogen-bond acceptors (Lipinski definition) is 4. The van der Waals surface area contributed by atoms with Crippen LogP contribution in [-0.2, 0) is 16.0 Å². The fourth-order valence-corrected chi connectivity index (χ4v) is 2.57. The number of aromatic nitrogens is 2. The lowest BCUT2D eigenvalue weighted by molar-refractivity contribution is -0.136. The minimum atomic E-state index is -0.506. The van der Waals surface area contributed by atoms with Gasteiger partial charge in [0, 0.05) is 19.2 Å². The van der Waals surface area contributed by atoms with Crippen LogP contribution in [0.1, 0.15) is 12.0 Å². The highest BCUT2D eigenvalue weighted by Gasteiger charge is 2.23. The van der Waals surface area contributed by atoms with Crippen molar-refractivity contribution in [3.05, 3.63) is 48.3 Å². The van der Waals surface area contributed by atoms with Crippen molar-refractivity contribution in [1.29, 1.82) is 5.26 Å². The molecule has 2 aromatic rings. The normalized spacial score (nSPS) is 17.7. The van der Waals surface area contributed by atoms with E-state index < -0.39 is 6.10 Å². The van der Waals surface area contributed by atoms with Crippen LogP contribution < -0.4 is 0 Å². The lowest BCUT2D eigenvalue weighted by atomic mass is 10.1. The summed E-state index contributed by atoms with van der Waals surface area (Å²) in [5, 5.41) is 13.2. The van der Waals surface area contributed by atoms with Gasteiger partial charge in [0.15, 0.2) is 6.10 Å². The third-order valence-corrected chi connectivity index (χ3v) is 3.85. The van der Waals surface area contributed by atoms with Crippen LogP contribution in [0.5, 0.6) is 0 Å². The van der Waals surface area contributed by atoms with Gasteiger partial charge >= 0.3 is 0 Å². The van der Waals surface area contributed by atoms with E-state index in [4.69, 9.17) is 10.00 Å². The fourth-order valence-electron chi connectivity index (χ4n) is 2.57. The number of carbonyl (C=O) groups is 1. The van der Waals surface area contributed by atoms with Crippen LogP contribution in [0.4, 0.5) is 0 Å². The molecule has 3 rings (SSSR count). The van der Waals surface area contributed by atoms with E-state index in [1.54, 1.807) is 15.8 Å². The first-order valence-corrected chi connectivity index (χ1v) is 7.64. The van der Waals surface area contributed by atoms with E-state index in [0.717, 1.165) is 11.3 Å². The topological polar surface area (TPSA) is 71.2 Å². The predicted octanol–water partition coefficient (Wildman–Crippen LogP) is 1.56.